The normalized spacial score (nSPS) is 19.2. The van der Waals surface area contributed by atoms with Crippen LogP contribution in [0.25, 0.3) is 0 Å². The molecule has 1 amide bonds. The highest BCUT2D eigenvalue weighted by Crippen LogP contribution is 2.36. The molecular weight excluding hydrogens is 422 g/mol. The fourth-order valence-electron chi connectivity index (χ4n) is 4.95. The van der Waals surface area contributed by atoms with Gasteiger partial charge in [-0.25, -0.2) is 0 Å². The number of anilines is 1. The number of likely N-dealkylation sites (tertiary alicyclic amines) is 1. The van der Waals surface area contributed by atoms with Crippen LogP contribution in [0, 0.1) is 5.92 Å². The lowest BCUT2D eigenvalue weighted by Gasteiger charge is -2.43. The van der Waals surface area contributed by atoms with E-state index in [-0.39, 0.29) is 29.9 Å². The molecule has 0 saturated carbocycles. The standard InChI is InChI=1S/C25H27N3O5/c1-32-19-4-2-17(3-5-19)24(30)27-12-16-10-18(14-27)23-9-8-22(25(31)28(23)13-16)26-11-20-6-7-21(15-29)33-20/h2-9,16,18,26,29H,10-15H2,1H3/t16-,18+/m0/s1. The molecule has 33 heavy (non-hydrogen) atoms. The molecule has 2 aliphatic heterocycles. The molecule has 8 nitrogen and oxygen atoms in total. The van der Waals surface area contributed by atoms with Gasteiger partial charge in [0, 0.05) is 36.8 Å². The van der Waals surface area contributed by atoms with Gasteiger partial charge in [0.05, 0.1) is 13.7 Å². The third-order valence-corrected chi connectivity index (χ3v) is 6.55. The highest BCUT2D eigenvalue weighted by Gasteiger charge is 2.36. The molecule has 5 rings (SSSR count). The number of nitrogens with one attached hydrogen (secondary N) is 1. The van der Waals surface area contributed by atoms with Crippen LogP contribution < -0.4 is 15.6 Å². The zero-order valence-electron chi connectivity index (χ0n) is 18.5. The third kappa shape index (κ3) is 4.14. The van der Waals surface area contributed by atoms with Gasteiger partial charge in [0.25, 0.3) is 11.5 Å². The van der Waals surface area contributed by atoms with E-state index in [1.165, 1.54) is 0 Å². The molecule has 2 bridgehead atoms. The van der Waals surface area contributed by atoms with Crippen molar-refractivity contribution >= 4 is 11.6 Å². The second kappa shape index (κ2) is 8.78. The van der Waals surface area contributed by atoms with E-state index in [0.717, 1.165) is 17.9 Å². The van der Waals surface area contributed by atoms with Gasteiger partial charge < -0.3 is 29.0 Å². The van der Waals surface area contributed by atoms with Crippen molar-refractivity contribution in [3.63, 3.8) is 0 Å². The van der Waals surface area contributed by atoms with Gasteiger partial charge >= 0.3 is 0 Å². The van der Waals surface area contributed by atoms with Crippen molar-refractivity contribution in [2.24, 2.45) is 5.92 Å². The summed E-state index contributed by atoms with van der Waals surface area (Å²) in [4.78, 5) is 28.2. The number of benzene rings is 1. The summed E-state index contributed by atoms with van der Waals surface area (Å²) in [6.07, 6.45) is 0.981. The Balaban J connectivity index is 1.32. The monoisotopic (exact) mass is 449 g/mol. The maximum atomic E-state index is 13.2. The number of rotatable bonds is 6. The summed E-state index contributed by atoms with van der Waals surface area (Å²) in [6.45, 7) is 2.06. The van der Waals surface area contributed by atoms with Crippen LogP contribution in [0.2, 0.25) is 0 Å². The zero-order chi connectivity index (χ0) is 22.9. The highest BCUT2D eigenvalue weighted by atomic mass is 16.5. The molecule has 1 fully saturated rings. The largest absolute Gasteiger partial charge is 0.497 e. The molecule has 3 aromatic rings. The average Bonchev–Trinajstić information content (AvgIpc) is 3.31. The predicted octanol–water partition coefficient (Wildman–Crippen LogP) is 2.81. The molecule has 1 aromatic carbocycles. The minimum atomic E-state index is -0.151. The lowest BCUT2D eigenvalue weighted by molar-refractivity contribution is 0.0594. The first-order chi connectivity index (χ1) is 16.1. The Morgan fingerprint density at radius 3 is 2.61 bits per heavy atom. The lowest BCUT2D eigenvalue weighted by Crippen LogP contribution is -2.49. The topological polar surface area (TPSA) is 96.9 Å². The molecule has 1 saturated heterocycles. The number of hydrogen-bond acceptors (Lipinski definition) is 6. The summed E-state index contributed by atoms with van der Waals surface area (Å²) in [7, 11) is 1.60. The molecule has 4 heterocycles. The summed E-state index contributed by atoms with van der Waals surface area (Å²) in [6, 6.07) is 14.5. The van der Waals surface area contributed by atoms with E-state index in [4.69, 9.17) is 14.3 Å². The quantitative estimate of drug-likeness (QED) is 0.601. The van der Waals surface area contributed by atoms with Crippen molar-refractivity contribution < 1.29 is 19.1 Å². The Bertz CT molecular complexity index is 1210. The van der Waals surface area contributed by atoms with E-state index >= 15 is 0 Å². The number of aliphatic hydroxyl groups is 1. The number of carbonyl (C=O) groups is 1. The molecule has 0 unspecified atom stereocenters. The summed E-state index contributed by atoms with van der Waals surface area (Å²) in [5, 5.41) is 12.3. The van der Waals surface area contributed by atoms with E-state index in [2.05, 4.69) is 5.32 Å². The van der Waals surface area contributed by atoms with Crippen LogP contribution in [0.15, 0.2) is 57.7 Å². The summed E-state index contributed by atoms with van der Waals surface area (Å²) < 4.78 is 12.5. The number of pyridine rings is 1. The van der Waals surface area contributed by atoms with Gasteiger partial charge in [0.2, 0.25) is 0 Å². The minimum Gasteiger partial charge on any atom is -0.497 e. The first kappa shape index (κ1) is 21.3. The van der Waals surface area contributed by atoms with E-state index in [9.17, 15) is 9.59 Å². The van der Waals surface area contributed by atoms with E-state index in [0.29, 0.717) is 49.0 Å². The van der Waals surface area contributed by atoms with Gasteiger partial charge in [-0.1, -0.05) is 0 Å². The van der Waals surface area contributed by atoms with E-state index in [1.807, 2.05) is 21.6 Å². The first-order valence-corrected chi connectivity index (χ1v) is 11.1. The Labute approximate surface area is 191 Å². The van der Waals surface area contributed by atoms with Gasteiger partial charge in [-0.15, -0.1) is 0 Å². The molecule has 0 radical (unpaired) electrons. The summed E-state index contributed by atoms with van der Waals surface area (Å²) >= 11 is 0. The molecule has 2 atom stereocenters. The van der Waals surface area contributed by atoms with Crippen molar-refractivity contribution in [3.05, 3.63) is 81.7 Å². The maximum Gasteiger partial charge on any atom is 0.274 e. The summed E-state index contributed by atoms with van der Waals surface area (Å²) in [5.41, 5.74) is 2.10. The number of methoxy groups -OCH3 is 1. The van der Waals surface area contributed by atoms with Crippen molar-refractivity contribution in [2.75, 3.05) is 25.5 Å². The number of piperidine rings is 1. The molecule has 2 aromatic heterocycles. The van der Waals surface area contributed by atoms with Crippen LogP contribution in [-0.2, 0) is 19.7 Å². The van der Waals surface area contributed by atoms with Crippen LogP contribution in [0.1, 0.15) is 39.9 Å². The fraction of sp³-hybridized carbons (Fsp3) is 0.360. The van der Waals surface area contributed by atoms with E-state index in [1.54, 1.807) is 43.5 Å². The van der Waals surface area contributed by atoms with Gasteiger partial charge in [-0.3, -0.25) is 9.59 Å². The lowest BCUT2D eigenvalue weighted by atomic mass is 9.83. The Morgan fingerprint density at radius 1 is 1.09 bits per heavy atom. The van der Waals surface area contributed by atoms with Crippen molar-refractivity contribution in [1.29, 1.82) is 0 Å². The number of ether oxygens (including phenoxy) is 1. The van der Waals surface area contributed by atoms with Crippen LogP contribution in [0.5, 0.6) is 5.75 Å². The van der Waals surface area contributed by atoms with Crippen LogP contribution in [-0.4, -0.2) is 40.7 Å². The predicted molar refractivity (Wildman–Crippen MR) is 122 cm³/mol. The van der Waals surface area contributed by atoms with E-state index < -0.39 is 0 Å². The molecule has 8 heteroatoms. The van der Waals surface area contributed by atoms with Gasteiger partial charge in [-0.05, 0) is 60.9 Å². The van der Waals surface area contributed by atoms with Crippen LogP contribution >= 0.6 is 0 Å². The Morgan fingerprint density at radius 2 is 1.88 bits per heavy atom. The first-order valence-electron chi connectivity index (χ1n) is 11.1. The summed E-state index contributed by atoms with van der Waals surface area (Å²) in [5.74, 6) is 2.27. The number of carbonyl (C=O) groups excluding carboxylic acids is 1. The molecule has 2 aliphatic rings. The number of fused-ring (bicyclic) bond motifs is 4. The zero-order valence-corrected chi connectivity index (χ0v) is 18.5. The maximum absolute atomic E-state index is 13.2. The SMILES string of the molecule is COc1ccc(C(=O)N2C[C@@H]3C[C@H](C2)c2ccc(NCc4ccc(CO)o4)c(=O)n2C3)cc1. The van der Waals surface area contributed by atoms with Crippen molar-refractivity contribution in [1.82, 2.24) is 9.47 Å². The number of aromatic nitrogens is 1. The smallest absolute Gasteiger partial charge is 0.274 e. The second-order valence-corrected chi connectivity index (χ2v) is 8.70. The van der Waals surface area contributed by atoms with Crippen molar-refractivity contribution in [3.8, 4) is 5.75 Å². The number of aliphatic hydroxyl groups excluding tert-OH is 1. The van der Waals surface area contributed by atoms with Gasteiger partial charge in [-0.2, -0.15) is 0 Å². The number of hydrogen-bond donors (Lipinski definition) is 2. The second-order valence-electron chi connectivity index (χ2n) is 8.70. The molecule has 0 aliphatic carbocycles. The van der Waals surface area contributed by atoms with Gasteiger partial charge in [0.1, 0.15) is 29.6 Å². The molecule has 2 N–H and O–H groups in total. The van der Waals surface area contributed by atoms with Crippen LogP contribution in [0.4, 0.5) is 5.69 Å². The minimum absolute atomic E-state index is 0.0159. The third-order valence-electron chi connectivity index (χ3n) is 6.55. The van der Waals surface area contributed by atoms with Crippen LogP contribution in [0.3, 0.4) is 0 Å². The molecule has 0 spiro atoms. The highest BCUT2D eigenvalue weighted by molar-refractivity contribution is 5.94. The Hall–Kier alpha value is -3.52. The number of furan rings is 1. The number of nitrogens with zero attached hydrogens (tertiary/aromatic N) is 2. The van der Waals surface area contributed by atoms with Crippen molar-refractivity contribution in [2.45, 2.75) is 32.0 Å². The Kier molecular flexibility index (Phi) is 5.68. The van der Waals surface area contributed by atoms with Gasteiger partial charge in [0.15, 0.2) is 0 Å². The fourth-order valence-corrected chi connectivity index (χ4v) is 4.95. The number of amides is 1. The molecule has 172 valence electrons. The molecular formula is C25H27N3O5. The average molecular weight is 450 g/mol.